The monoisotopic (exact) mass is 359 g/mol. The quantitative estimate of drug-likeness (QED) is 0.575. The van der Waals surface area contributed by atoms with Crippen LogP contribution in [0.3, 0.4) is 0 Å². The Morgan fingerprint density at radius 3 is 2.38 bits per heavy atom. The zero-order chi connectivity index (χ0) is 18.9. The lowest BCUT2D eigenvalue weighted by Gasteiger charge is -2.11. The van der Waals surface area contributed by atoms with Crippen molar-refractivity contribution in [3.8, 4) is 11.5 Å². The number of ether oxygens (including phenoxy) is 2. The molecule has 0 aliphatic heterocycles. The van der Waals surface area contributed by atoms with E-state index in [-0.39, 0.29) is 17.9 Å². The van der Waals surface area contributed by atoms with Crippen LogP contribution in [0.4, 0.5) is 5.69 Å². The maximum Gasteiger partial charge on any atom is 0.276 e. The molecule has 0 atom stereocenters. The fraction of sp³-hybridized carbons (Fsp3) is 0.176. The summed E-state index contributed by atoms with van der Waals surface area (Å²) in [5, 5.41) is 10.6. The maximum absolute atomic E-state index is 12.1. The molecule has 2 aromatic carbocycles. The minimum Gasteiger partial charge on any atom is -0.493 e. The molecule has 2 aromatic rings. The van der Waals surface area contributed by atoms with Gasteiger partial charge >= 0.3 is 0 Å². The molecule has 0 bridgehead atoms. The van der Waals surface area contributed by atoms with E-state index in [1.807, 2.05) is 0 Å². The minimum absolute atomic E-state index is 0.0815. The number of hydrogen-bond acceptors (Lipinski definition) is 6. The molecule has 2 amide bonds. The number of non-ortho nitro benzene ring substituents is 1. The molecular formula is C17H17N3O6. The second kappa shape index (κ2) is 9.02. The molecule has 0 fully saturated rings. The fourth-order valence-corrected chi connectivity index (χ4v) is 1.98. The third kappa shape index (κ3) is 5.20. The average molecular weight is 359 g/mol. The van der Waals surface area contributed by atoms with Crippen LogP contribution in [0.25, 0.3) is 0 Å². The predicted molar refractivity (Wildman–Crippen MR) is 91.8 cm³/mol. The van der Waals surface area contributed by atoms with Gasteiger partial charge in [-0.25, -0.2) is 0 Å². The van der Waals surface area contributed by atoms with Gasteiger partial charge in [0.2, 0.25) is 0 Å². The van der Waals surface area contributed by atoms with Crippen molar-refractivity contribution in [1.82, 2.24) is 10.9 Å². The molecule has 0 aliphatic carbocycles. The highest BCUT2D eigenvalue weighted by atomic mass is 16.6. The van der Waals surface area contributed by atoms with E-state index in [4.69, 9.17) is 9.47 Å². The number of nitrogens with zero attached hydrogens (tertiary/aromatic N) is 1. The largest absolute Gasteiger partial charge is 0.493 e. The Balaban J connectivity index is 1.83. The van der Waals surface area contributed by atoms with Crippen LogP contribution in [-0.4, -0.2) is 30.0 Å². The molecule has 9 heteroatoms. The Labute approximate surface area is 149 Å². The van der Waals surface area contributed by atoms with E-state index >= 15 is 0 Å². The molecule has 26 heavy (non-hydrogen) atoms. The van der Waals surface area contributed by atoms with Gasteiger partial charge in [-0.2, -0.15) is 0 Å². The third-order valence-electron chi connectivity index (χ3n) is 3.16. The lowest BCUT2D eigenvalue weighted by molar-refractivity contribution is -0.384. The Hall–Kier alpha value is -3.62. The summed E-state index contributed by atoms with van der Waals surface area (Å²) in [6, 6.07) is 11.9. The van der Waals surface area contributed by atoms with Crippen molar-refractivity contribution in [3.05, 3.63) is 64.2 Å². The van der Waals surface area contributed by atoms with Gasteiger partial charge in [-0.3, -0.25) is 30.6 Å². The Morgan fingerprint density at radius 1 is 1.04 bits per heavy atom. The molecule has 0 saturated carbocycles. The highest BCUT2D eigenvalue weighted by Crippen LogP contribution is 2.18. The predicted octanol–water partition coefficient (Wildman–Crippen LogP) is 1.83. The third-order valence-corrected chi connectivity index (χ3v) is 3.16. The second-order valence-electron chi connectivity index (χ2n) is 4.97. The number of benzene rings is 2. The van der Waals surface area contributed by atoms with Crippen molar-refractivity contribution in [2.45, 2.75) is 6.92 Å². The van der Waals surface area contributed by atoms with Crippen LogP contribution in [0.5, 0.6) is 11.5 Å². The summed E-state index contributed by atoms with van der Waals surface area (Å²) in [6.07, 6.45) is 0. The summed E-state index contributed by atoms with van der Waals surface area (Å²) in [5.74, 6) is -0.425. The number of hydrogen-bond donors (Lipinski definition) is 2. The molecule has 0 heterocycles. The first-order valence-electron chi connectivity index (χ1n) is 7.69. The van der Waals surface area contributed by atoms with Crippen molar-refractivity contribution in [1.29, 1.82) is 0 Å². The van der Waals surface area contributed by atoms with Crippen molar-refractivity contribution >= 4 is 17.5 Å². The normalized spacial score (nSPS) is 9.88. The first-order chi connectivity index (χ1) is 12.5. The van der Waals surface area contributed by atoms with E-state index in [0.29, 0.717) is 18.1 Å². The highest BCUT2D eigenvalue weighted by molar-refractivity contribution is 5.97. The molecule has 0 spiro atoms. The van der Waals surface area contributed by atoms with Crippen LogP contribution in [0.2, 0.25) is 0 Å². The molecule has 0 aromatic heterocycles. The van der Waals surface area contributed by atoms with Gasteiger partial charge in [-0.05, 0) is 31.2 Å². The Kier molecular flexibility index (Phi) is 6.49. The van der Waals surface area contributed by atoms with E-state index < -0.39 is 16.7 Å². The summed E-state index contributed by atoms with van der Waals surface area (Å²) in [4.78, 5) is 33.9. The molecule has 2 rings (SSSR count). The molecule has 0 aliphatic rings. The first kappa shape index (κ1) is 18.7. The van der Waals surface area contributed by atoms with E-state index in [0.717, 1.165) is 0 Å². The molecule has 2 N–H and O–H groups in total. The first-order valence-corrected chi connectivity index (χ1v) is 7.69. The van der Waals surface area contributed by atoms with Crippen molar-refractivity contribution in [3.63, 3.8) is 0 Å². The smallest absolute Gasteiger partial charge is 0.276 e. The van der Waals surface area contributed by atoms with Gasteiger partial charge in [-0.15, -0.1) is 0 Å². The molecule has 136 valence electrons. The number of carbonyl (C=O) groups is 2. The average Bonchev–Trinajstić information content (AvgIpc) is 2.65. The van der Waals surface area contributed by atoms with Crippen molar-refractivity contribution in [2.75, 3.05) is 13.2 Å². The second-order valence-corrected chi connectivity index (χ2v) is 4.97. The van der Waals surface area contributed by atoms with E-state index in [9.17, 15) is 19.7 Å². The molecule has 0 radical (unpaired) electrons. The number of nitrogens with one attached hydrogen (secondary N) is 2. The summed E-state index contributed by atoms with van der Waals surface area (Å²) in [5.41, 5.74) is 4.69. The summed E-state index contributed by atoms with van der Waals surface area (Å²) >= 11 is 0. The maximum atomic E-state index is 12.1. The Bertz CT molecular complexity index is 791. The van der Waals surface area contributed by atoms with E-state index in [2.05, 4.69) is 10.9 Å². The van der Waals surface area contributed by atoms with Gasteiger partial charge in [0.05, 0.1) is 17.1 Å². The van der Waals surface area contributed by atoms with Gasteiger partial charge in [-0.1, -0.05) is 12.1 Å². The number of para-hydroxylation sites is 1. The van der Waals surface area contributed by atoms with Crippen LogP contribution in [0.1, 0.15) is 17.3 Å². The lowest BCUT2D eigenvalue weighted by atomic mass is 10.2. The summed E-state index contributed by atoms with van der Waals surface area (Å²) in [6.45, 7) is 1.83. The summed E-state index contributed by atoms with van der Waals surface area (Å²) in [7, 11) is 0. The highest BCUT2D eigenvalue weighted by Gasteiger charge is 2.13. The van der Waals surface area contributed by atoms with Crippen molar-refractivity contribution in [2.24, 2.45) is 0 Å². The number of nitro groups is 1. The zero-order valence-corrected chi connectivity index (χ0v) is 13.9. The number of nitro benzene ring substituents is 1. The number of rotatable bonds is 7. The van der Waals surface area contributed by atoms with Gasteiger partial charge in [0, 0.05) is 12.1 Å². The van der Waals surface area contributed by atoms with Gasteiger partial charge in [0.25, 0.3) is 17.5 Å². The lowest BCUT2D eigenvalue weighted by Crippen LogP contribution is -2.43. The van der Waals surface area contributed by atoms with Crippen LogP contribution < -0.4 is 20.3 Å². The van der Waals surface area contributed by atoms with Gasteiger partial charge < -0.3 is 9.47 Å². The molecular weight excluding hydrogens is 342 g/mol. The standard InChI is InChI=1S/C17H17N3O6/c1-2-25-15-6-4-3-5-14(15)17(22)19-18-16(21)11-26-13-9-7-12(8-10-13)20(23)24/h3-10H,2,11H2,1H3,(H,18,21)(H,19,22). The van der Waals surface area contributed by atoms with Crippen LogP contribution in [0.15, 0.2) is 48.5 Å². The molecule has 0 unspecified atom stereocenters. The minimum atomic E-state index is -0.592. The van der Waals surface area contributed by atoms with Crippen LogP contribution in [0, 0.1) is 10.1 Å². The number of hydrazine groups is 1. The Morgan fingerprint density at radius 2 is 1.73 bits per heavy atom. The topological polar surface area (TPSA) is 120 Å². The van der Waals surface area contributed by atoms with Gasteiger partial charge in [0.1, 0.15) is 11.5 Å². The van der Waals surface area contributed by atoms with Crippen LogP contribution >= 0.6 is 0 Å². The van der Waals surface area contributed by atoms with Crippen molar-refractivity contribution < 1.29 is 24.0 Å². The van der Waals surface area contributed by atoms with E-state index in [1.54, 1.807) is 31.2 Å². The SMILES string of the molecule is CCOc1ccccc1C(=O)NNC(=O)COc1ccc([N+](=O)[O-])cc1. The molecule has 0 saturated heterocycles. The molecule has 9 nitrogen and oxygen atoms in total. The fourth-order valence-electron chi connectivity index (χ4n) is 1.98. The van der Waals surface area contributed by atoms with E-state index in [1.165, 1.54) is 24.3 Å². The van der Waals surface area contributed by atoms with Gasteiger partial charge in [0.15, 0.2) is 6.61 Å². The number of carbonyl (C=O) groups excluding carboxylic acids is 2. The number of amides is 2. The van der Waals surface area contributed by atoms with Crippen LogP contribution in [-0.2, 0) is 4.79 Å². The summed E-state index contributed by atoms with van der Waals surface area (Å²) < 4.78 is 10.5. The zero-order valence-electron chi connectivity index (χ0n) is 13.9.